The van der Waals surface area contributed by atoms with Crippen molar-refractivity contribution in [3.05, 3.63) is 12.7 Å². The first-order valence-electron chi connectivity index (χ1n) is 4.61. The zero-order valence-corrected chi connectivity index (χ0v) is 8.59. The minimum absolute atomic E-state index is 0.606. The Balaban J connectivity index is 3.76. The van der Waals surface area contributed by atoms with Crippen LogP contribution in [0.4, 0.5) is 0 Å². The van der Waals surface area contributed by atoms with Gasteiger partial charge < -0.3 is 10.6 Å². The number of hydrogen-bond donors (Lipinski definition) is 1. The van der Waals surface area contributed by atoms with Crippen LogP contribution >= 0.6 is 0 Å². The summed E-state index contributed by atoms with van der Waals surface area (Å²) >= 11 is 0. The molecule has 72 valence electrons. The molecular formula is C10H22N2. The van der Waals surface area contributed by atoms with Gasteiger partial charge in [-0.25, -0.2) is 0 Å². The fourth-order valence-corrected chi connectivity index (χ4v) is 1.25. The molecule has 2 nitrogen and oxygen atoms in total. The number of rotatable bonds is 6. The van der Waals surface area contributed by atoms with Gasteiger partial charge in [-0.1, -0.05) is 19.9 Å². The third kappa shape index (κ3) is 4.52. The Bertz CT molecular complexity index is 121. The Morgan fingerprint density at radius 3 is 2.42 bits per heavy atom. The van der Waals surface area contributed by atoms with Gasteiger partial charge in [0.2, 0.25) is 0 Å². The Morgan fingerprint density at radius 1 is 1.50 bits per heavy atom. The molecule has 0 aromatic carbocycles. The predicted octanol–water partition coefficient (Wildman–Crippen LogP) is 1.34. The molecule has 1 unspecified atom stereocenters. The second kappa shape index (κ2) is 6.21. The van der Waals surface area contributed by atoms with Crippen LogP contribution in [0.15, 0.2) is 12.7 Å². The summed E-state index contributed by atoms with van der Waals surface area (Å²) in [6, 6.07) is 0. The van der Waals surface area contributed by atoms with E-state index in [2.05, 4.69) is 32.4 Å². The number of hydrogen-bond acceptors (Lipinski definition) is 2. The lowest BCUT2D eigenvalue weighted by Crippen LogP contribution is -2.33. The van der Waals surface area contributed by atoms with Gasteiger partial charge in [-0.3, -0.25) is 0 Å². The first kappa shape index (κ1) is 11.7. The van der Waals surface area contributed by atoms with E-state index in [0.717, 1.165) is 19.6 Å². The van der Waals surface area contributed by atoms with Gasteiger partial charge in [-0.15, -0.1) is 6.58 Å². The zero-order valence-electron chi connectivity index (χ0n) is 8.59. The van der Waals surface area contributed by atoms with Crippen LogP contribution < -0.4 is 5.73 Å². The summed E-state index contributed by atoms with van der Waals surface area (Å²) in [6.45, 7) is 10.9. The molecule has 0 bridgehead atoms. The number of nitrogens with zero attached hydrogens (tertiary/aromatic N) is 1. The number of nitrogens with two attached hydrogens (primary N) is 1. The van der Waals surface area contributed by atoms with E-state index < -0.39 is 0 Å². The molecule has 0 saturated carbocycles. The second-order valence-corrected chi connectivity index (χ2v) is 3.75. The molecule has 2 heteroatoms. The van der Waals surface area contributed by atoms with Gasteiger partial charge in [0, 0.05) is 13.1 Å². The van der Waals surface area contributed by atoms with Crippen molar-refractivity contribution in [3.63, 3.8) is 0 Å². The standard InChI is InChI=1S/C10H22N2/c1-5-6-12(4)8-10(7-11)9(2)3/h5,9-10H,1,6-8,11H2,2-4H3. The summed E-state index contributed by atoms with van der Waals surface area (Å²) in [5.41, 5.74) is 5.67. The first-order valence-corrected chi connectivity index (χ1v) is 4.61. The van der Waals surface area contributed by atoms with Crippen molar-refractivity contribution in [2.24, 2.45) is 17.6 Å². The molecule has 2 N–H and O–H groups in total. The molecule has 0 fully saturated rings. The van der Waals surface area contributed by atoms with Crippen LogP contribution in [-0.2, 0) is 0 Å². The Hall–Kier alpha value is -0.340. The SMILES string of the molecule is C=CCN(C)CC(CN)C(C)C. The molecule has 0 spiro atoms. The van der Waals surface area contributed by atoms with Gasteiger partial charge in [-0.2, -0.15) is 0 Å². The van der Waals surface area contributed by atoms with Crippen molar-refractivity contribution >= 4 is 0 Å². The van der Waals surface area contributed by atoms with Crippen LogP contribution in [0.25, 0.3) is 0 Å². The molecule has 1 atom stereocenters. The van der Waals surface area contributed by atoms with Gasteiger partial charge in [0.1, 0.15) is 0 Å². The minimum atomic E-state index is 0.606. The molecule has 0 aliphatic carbocycles. The van der Waals surface area contributed by atoms with E-state index >= 15 is 0 Å². The van der Waals surface area contributed by atoms with Gasteiger partial charge in [0.05, 0.1) is 0 Å². The van der Waals surface area contributed by atoms with Crippen LogP contribution in [0.1, 0.15) is 13.8 Å². The summed E-state index contributed by atoms with van der Waals surface area (Å²) in [6.07, 6.45) is 1.92. The maximum atomic E-state index is 5.67. The lowest BCUT2D eigenvalue weighted by Gasteiger charge is -2.24. The monoisotopic (exact) mass is 170 g/mol. The predicted molar refractivity (Wildman–Crippen MR) is 55.1 cm³/mol. The smallest absolute Gasteiger partial charge is 0.0157 e. The van der Waals surface area contributed by atoms with Gasteiger partial charge in [-0.05, 0) is 25.4 Å². The molecule has 0 amide bonds. The van der Waals surface area contributed by atoms with Gasteiger partial charge in [0.25, 0.3) is 0 Å². The van der Waals surface area contributed by atoms with E-state index in [4.69, 9.17) is 5.73 Å². The highest BCUT2D eigenvalue weighted by atomic mass is 15.1. The molecule has 0 aliphatic rings. The molecule has 12 heavy (non-hydrogen) atoms. The van der Waals surface area contributed by atoms with Crippen molar-refractivity contribution in [2.45, 2.75) is 13.8 Å². The van der Waals surface area contributed by atoms with E-state index in [1.54, 1.807) is 0 Å². The van der Waals surface area contributed by atoms with Crippen LogP contribution in [0.5, 0.6) is 0 Å². The van der Waals surface area contributed by atoms with Crippen molar-refractivity contribution in [2.75, 3.05) is 26.7 Å². The lowest BCUT2D eigenvalue weighted by atomic mass is 9.95. The van der Waals surface area contributed by atoms with Crippen molar-refractivity contribution in [3.8, 4) is 0 Å². The van der Waals surface area contributed by atoms with Crippen LogP contribution in [-0.4, -0.2) is 31.6 Å². The maximum Gasteiger partial charge on any atom is 0.0157 e. The fourth-order valence-electron chi connectivity index (χ4n) is 1.25. The number of likely N-dealkylation sites (N-methyl/N-ethyl adjacent to an activating group) is 1. The quantitative estimate of drug-likeness (QED) is 0.609. The van der Waals surface area contributed by atoms with Crippen molar-refractivity contribution < 1.29 is 0 Å². The van der Waals surface area contributed by atoms with Crippen molar-refractivity contribution in [1.29, 1.82) is 0 Å². The highest BCUT2D eigenvalue weighted by Crippen LogP contribution is 2.09. The Kier molecular flexibility index (Phi) is 6.03. The Morgan fingerprint density at radius 2 is 2.08 bits per heavy atom. The summed E-state index contributed by atoms with van der Waals surface area (Å²) in [7, 11) is 2.10. The van der Waals surface area contributed by atoms with E-state index in [9.17, 15) is 0 Å². The normalized spacial score (nSPS) is 13.8. The van der Waals surface area contributed by atoms with Crippen LogP contribution in [0.2, 0.25) is 0 Å². The molecule has 0 aromatic heterocycles. The van der Waals surface area contributed by atoms with Gasteiger partial charge in [0.15, 0.2) is 0 Å². The minimum Gasteiger partial charge on any atom is -0.330 e. The lowest BCUT2D eigenvalue weighted by molar-refractivity contribution is 0.257. The molecule has 0 heterocycles. The van der Waals surface area contributed by atoms with Crippen LogP contribution in [0, 0.1) is 11.8 Å². The summed E-state index contributed by atoms with van der Waals surface area (Å²) in [4.78, 5) is 2.25. The molecular weight excluding hydrogens is 148 g/mol. The third-order valence-electron chi connectivity index (χ3n) is 2.23. The third-order valence-corrected chi connectivity index (χ3v) is 2.23. The van der Waals surface area contributed by atoms with E-state index in [0.29, 0.717) is 11.8 Å². The van der Waals surface area contributed by atoms with E-state index in [1.807, 2.05) is 6.08 Å². The molecule has 0 aromatic rings. The molecule has 0 rings (SSSR count). The highest BCUT2D eigenvalue weighted by Gasteiger charge is 2.12. The summed E-state index contributed by atoms with van der Waals surface area (Å²) < 4.78 is 0. The summed E-state index contributed by atoms with van der Waals surface area (Å²) in [5.74, 6) is 1.28. The average Bonchev–Trinajstić information content (AvgIpc) is 2.00. The van der Waals surface area contributed by atoms with Gasteiger partial charge >= 0.3 is 0 Å². The largest absolute Gasteiger partial charge is 0.330 e. The maximum absolute atomic E-state index is 5.67. The highest BCUT2D eigenvalue weighted by molar-refractivity contribution is 4.74. The fraction of sp³-hybridized carbons (Fsp3) is 0.800. The van der Waals surface area contributed by atoms with E-state index in [-0.39, 0.29) is 0 Å². The topological polar surface area (TPSA) is 29.3 Å². The van der Waals surface area contributed by atoms with Crippen molar-refractivity contribution in [1.82, 2.24) is 4.90 Å². The summed E-state index contributed by atoms with van der Waals surface area (Å²) in [5, 5.41) is 0. The molecule has 0 saturated heterocycles. The van der Waals surface area contributed by atoms with Crippen LogP contribution in [0.3, 0.4) is 0 Å². The second-order valence-electron chi connectivity index (χ2n) is 3.75. The van der Waals surface area contributed by atoms with E-state index in [1.165, 1.54) is 0 Å². The molecule has 0 aliphatic heterocycles. The average molecular weight is 170 g/mol. The Labute approximate surface area is 76.4 Å². The molecule has 0 radical (unpaired) electrons. The zero-order chi connectivity index (χ0) is 9.56. The first-order chi connectivity index (χ1) is 5.61.